The van der Waals surface area contributed by atoms with Gasteiger partial charge >= 0.3 is 23.9 Å². The van der Waals surface area contributed by atoms with Crippen LogP contribution in [0.5, 0.6) is 0 Å². The summed E-state index contributed by atoms with van der Waals surface area (Å²) in [5.74, 6) is -2.48. The van der Waals surface area contributed by atoms with Gasteiger partial charge < -0.3 is 19.3 Å². The van der Waals surface area contributed by atoms with Gasteiger partial charge in [0, 0.05) is 18.3 Å². The molecule has 0 bridgehead atoms. The fraction of sp³-hybridized carbons (Fsp3) is 0.565. The Morgan fingerprint density at radius 3 is 2.13 bits per heavy atom. The number of hydrogen-bond donors (Lipinski definition) is 1. The van der Waals surface area contributed by atoms with E-state index in [0.717, 1.165) is 0 Å². The topological polar surface area (TPSA) is 116 Å². The molecule has 0 saturated carbocycles. The zero-order valence-corrected chi connectivity index (χ0v) is 18.8. The summed E-state index contributed by atoms with van der Waals surface area (Å²) in [6, 6.07) is 6.05. The maximum Gasteiger partial charge on any atom is 0.338 e. The Labute approximate surface area is 182 Å². The number of methoxy groups -OCH3 is 1. The smallest absolute Gasteiger partial charge is 0.338 e. The van der Waals surface area contributed by atoms with Crippen LogP contribution in [0.25, 0.3) is 0 Å². The van der Waals surface area contributed by atoms with Crippen LogP contribution in [0.15, 0.2) is 24.3 Å². The molecule has 0 heterocycles. The first-order valence-electron chi connectivity index (χ1n) is 10.2. The van der Waals surface area contributed by atoms with Crippen molar-refractivity contribution in [2.45, 2.75) is 59.5 Å². The highest BCUT2D eigenvalue weighted by atomic mass is 16.6. The Morgan fingerprint density at radius 2 is 1.58 bits per heavy atom. The summed E-state index contributed by atoms with van der Waals surface area (Å²) in [6.45, 7) is 7.50. The van der Waals surface area contributed by atoms with Gasteiger partial charge in [0.1, 0.15) is 12.7 Å². The molecule has 31 heavy (non-hydrogen) atoms. The van der Waals surface area contributed by atoms with Crippen molar-refractivity contribution < 1.29 is 38.5 Å². The molecule has 0 radical (unpaired) electrons. The summed E-state index contributed by atoms with van der Waals surface area (Å²) in [7, 11) is 1.26. The second kappa shape index (κ2) is 12.1. The number of carbonyl (C=O) groups excluding carboxylic acids is 3. The molecule has 1 aromatic carbocycles. The number of rotatable bonds is 12. The number of carbonyl (C=O) groups is 4. The Bertz CT molecular complexity index is 782. The van der Waals surface area contributed by atoms with Crippen LogP contribution in [-0.2, 0) is 23.8 Å². The second-order valence-corrected chi connectivity index (χ2v) is 8.39. The average molecular weight is 437 g/mol. The lowest BCUT2D eigenvalue weighted by molar-refractivity contribution is -0.161. The van der Waals surface area contributed by atoms with Gasteiger partial charge in [-0.15, -0.1) is 0 Å². The van der Waals surface area contributed by atoms with E-state index in [1.165, 1.54) is 19.2 Å². The van der Waals surface area contributed by atoms with Gasteiger partial charge in [-0.3, -0.25) is 9.59 Å². The third-order valence-electron chi connectivity index (χ3n) is 4.75. The molecule has 1 atom stereocenters. The van der Waals surface area contributed by atoms with Crippen LogP contribution >= 0.6 is 0 Å². The fourth-order valence-corrected chi connectivity index (χ4v) is 3.25. The molecular formula is C23H32O8. The Balaban J connectivity index is 2.71. The van der Waals surface area contributed by atoms with E-state index in [4.69, 9.17) is 14.6 Å². The van der Waals surface area contributed by atoms with Crippen LogP contribution < -0.4 is 0 Å². The minimum Gasteiger partial charge on any atom is -0.481 e. The van der Waals surface area contributed by atoms with Gasteiger partial charge in [0.05, 0.1) is 18.2 Å². The van der Waals surface area contributed by atoms with Gasteiger partial charge in [-0.2, -0.15) is 0 Å². The number of unbranched alkanes of at least 4 members (excludes halogenated alkanes) is 1. The molecule has 1 N–H and O–H groups in total. The van der Waals surface area contributed by atoms with E-state index < -0.39 is 35.4 Å². The van der Waals surface area contributed by atoms with Crippen molar-refractivity contribution in [3.05, 3.63) is 35.4 Å². The molecule has 0 spiro atoms. The molecule has 0 amide bonds. The zero-order chi connectivity index (χ0) is 23.6. The van der Waals surface area contributed by atoms with Crippen LogP contribution in [0, 0.1) is 11.3 Å². The molecule has 172 valence electrons. The number of hydrogen-bond acceptors (Lipinski definition) is 7. The lowest BCUT2D eigenvalue weighted by Crippen LogP contribution is -2.41. The lowest BCUT2D eigenvalue weighted by Gasteiger charge is -2.36. The molecule has 8 nitrogen and oxygen atoms in total. The quantitative estimate of drug-likeness (QED) is 0.298. The summed E-state index contributed by atoms with van der Waals surface area (Å²) in [6.07, 6.45) is 0.477. The third-order valence-corrected chi connectivity index (χ3v) is 4.75. The van der Waals surface area contributed by atoms with Crippen LogP contribution in [0.4, 0.5) is 0 Å². The molecule has 0 fully saturated rings. The van der Waals surface area contributed by atoms with Crippen molar-refractivity contribution >= 4 is 23.9 Å². The van der Waals surface area contributed by atoms with Gasteiger partial charge in [-0.1, -0.05) is 33.8 Å². The van der Waals surface area contributed by atoms with Crippen molar-refractivity contribution in [3.8, 4) is 0 Å². The minimum atomic E-state index is -0.895. The predicted molar refractivity (Wildman–Crippen MR) is 113 cm³/mol. The van der Waals surface area contributed by atoms with Crippen molar-refractivity contribution in [1.82, 2.24) is 0 Å². The maximum atomic E-state index is 12.5. The first kappa shape index (κ1) is 26.1. The molecule has 8 heteroatoms. The fourth-order valence-electron chi connectivity index (χ4n) is 3.25. The molecule has 0 aliphatic heterocycles. The van der Waals surface area contributed by atoms with E-state index in [2.05, 4.69) is 4.74 Å². The number of ether oxygens (including phenoxy) is 3. The van der Waals surface area contributed by atoms with Crippen molar-refractivity contribution in [3.63, 3.8) is 0 Å². The van der Waals surface area contributed by atoms with E-state index >= 15 is 0 Å². The van der Waals surface area contributed by atoms with E-state index in [1.807, 2.05) is 27.7 Å². The molecular weight excluding hydrogens is 404 g/mol. The normalized spacial score (nSPS) is 12.2. The number of carboxylic acid groups (broad SMARTS) is 1. The molecule has 1 rings (SSSR count). The first-order valence-corrected chi connectivity index (χ1v) is 10.2. The Kier molecular flexibility index (Phi) is 10.2. The van der Waals surface area contributed by atoms with Crippen LogP contribution in [0.3, 0.4) is 0 Å². The molecule has 0 saturated heterocycles. The highest BCUT2D eigenvalue weighted by Gasteiger charge is 2.36. The monoisotopic (exact) mass is 436 g/mol. The molecule has 1 aromatic rings. The average Bonchev–Trinajstić information content (AvgIpc) is 2.72. The van der Waals surface area contributed by atoms with Crippen LogP contribution in [0.2, 0.25) is 0 Å². The molecule has 0 aliphatic rings. The second-order valence-electron chi connectivity index (χ2n) is 8.39. The summed E-state index contributed by atoms with van der Waals surface area (Å²) in [5, 5.41) is 8.66. The molecule has 0 aromatic heterocycles. The lowest BCUT2D eigenvalue weighted by atomic mass is 9.81. The van der Waals surface area contributed by atoms with E-state index in [9.17, 15) is 19.2 Å². The van der Waals surface area contributed by atoms with Crippen LogP contribution in [-0.4, -0.2) is 48.8 Å². The van der Waals surface area contributed by atoms with E-state index in [0.29, 0.717) is 12.8 Å². The van der Waals surface area contributed by atoms with Crippen molar-refractivity contribution in [1.29, 1.82) is 0 Å². The number of benzene rings is 1. The molecule has 0 aliphatic carbocycles. The molecule has 1 unspecified atom stereocenters. The predicted octanol–water partition coefficient (Wildman–Crippen LogP) is 3.87. The first-order chi connectivity index (χ1) is 14.5. The van der Waals surface area contributed by atoms with E-state index in [-0.39, 0.29) is 36.5 Å². The third kappa shape index (κ3) is 8.78. The number of aliphatic carboxylic acids is 1. The summed E-state index contributed by atoms with van der Waals surface area (Å²) >= 11 is 0. The highest BCUT2D eigenvalue weighted by Crippen LogP contribution is 2.30. The Morgan fingerprint density at radius 1 is 1.00 bits per heavy atom. The highest BCUT2D eigenvalue weighted by molar-refractivity contribution is 5.95. The van der Waals surface area contributed by atoms with E-state index in [1.54, 1.807) is 12.1 Å². The number of carboxylic acids is 1. The standard InChI is InChI=1S/C23H32O8/c1-15(2)20(31-19(26)12-7-6-11-18(24)25)23(3,4)14-30-22(28)17-10-8-9-16(13-17)21(27)29-5/h8-10,13,15,20H,6-7,11-12,14H2,1-5H3,(H,24,25). The maximum absolute atomic E-state index is 12.5. The van der Waals surface area contributed by atoms with Crippen molar-refractivity contribution in [2.24, 2.45) is 11.3 Å². The van der Waals surface area contributed by atoms with Gasteiger partial charge in [-0.05, 0) is 37.0 Å². The number of esters is 3. The van der Waals surface area contributed by atoms with Gasteiger partial charge in [0.25, 0.3) is 0 Å². The van der Waals surface area contributed by atoms with Crippen molar-refractivity contribution in [2.75, 3.05) is 13.7 Å². The van der Waals surface area contributed by atoms with Crippen LogP contribution in [0.1, 0.15) is 74.1 Å². The SMILES string of the molecule is COC(=O)c1cccc(C(=O)OCC(C)(C)C(OC(=O)CCCCC(=O)O)C(C)C)c1. The summed E-state index contributed by atoms with van der Waals surface area (Å²) < 4.78 is 15.8. The minimum absolute atomic E-state index is 0.00340. The van der Waals surface area contributed by atoms with Gasteiger partial charge in [0.2, 0.25) is 0 Å². The van der Waals surface area contributed by atoms with Gasteiger partial charge in [-0.25, -0.2) is 9.59 Å². The van der Waals surface area contributed by atoms with Gasteiger partial charge in [0.15, 0.2) is 0 Å². The summed E-state index contributed by atoms with van der Waals surface area (Å²) in [5.41, 5.74) is -0.205. The largest absolute Gasteiger partial charge is 0.481 e. The zero-order valence-electron chi connectivity index (χ0n) is 18.8. The summed E-state index contributed by atoms with van der Waals surface area (Å²) in [4.78, 5) is 46.9. The Hall–Kier alpha value is -2.90.